The Balaban J connectivity index is 1.77. The summed E-state index contributed by atoms with van der Waals surface area (Å²) in [6, 6.07) is 12.8. The van der Waals surface area contributed by atoms with Crippen LogP contribution in [0.15, 0.2) is 51.7 Å². The number of anilines is 1. The van der Waals surface area contributed by atoms with Crippen molar-refractivity contribution in [3.63, 3.8) is 0 Å². The maximum absolute atomic E-state index is 12.4. The number of aromatic amines is 1. The predicted octanol–water partition coefficient (Wildman–Crippen LogP) is 2.95. The zero-order valence-electron chi connectivity index (χ0n) is 14.2. The summed E-state index contributed by atoms with van der Waals surface area (Å²) in [7, 11) is 1.59. The number of nitrogens with zero attached hydrogens (tertiary/aromatic N) is 2. The maximum Gasteiger partial charge on any atom is 0.300 e. The lowest BCUT2D eigenvalue weighted by atomic mass is 10.2. The summed E-state index contributed by atoms with van der Waals surface area (Å²) in [5, 5.41) is 9.18. The largest absolute Gasteiger partial charge is 0.497 e. The third kappa shape index (κ3) is 3.85. The summed E-state index contributed by atoms with van der Waals surface area (Å²) in [5.74, 6) is 0.181. The Morgan fingerprint density at radius 2 is 2.00 bits per heavy atom. The van der Waals surface area contributed by atoms with Gasteiger partial charge in [-0.2, -0.15) is 0 Å². The van der Waals surface area contributed by atoms with Crippen LogP contribution in [0.4, 0.5) is 5.69 Å². The summed E-state index contributed by atoms with van der Waals surface area (Å²) in [4.78, 5) is 24.8. The van der Waals surface area contributed by atoms with Crippen molar-refractivity contribution < 1.29 is 9.53 Å². The number of halogens is 1. The molecule has 0 unspecified atom stereocenters. The zero-order chi connectivity index (χ0) is 18.7. The Kier molecular flexibility index (Phi) is 5.22. The molecule has 26 heavy (non-hydrogen) atoms. The van der Waals surface area contributed by atoms with Gasteiger partial charge in [0.2, 0.25) is 5.69 Å². The molecule has 0 spiro atoms. The molecule has 0 saturated carbocycles. The Labute approximate surface area is 158 Å². The molecule has 3 rings (SSSR count). The predicted molar refractivity (Wildman–Crippen MR) is 102 cm³/mol. The second kappa shape index (κ2) is 7.57. The Hall–Kier alpha value is -2.87. The average molecular weight is 417 g/mol. The van der Waals surface area contributed by atoms with Crippen molar-refractivity contribution in [3.8, 4) is 5.75 Å². The van der Waals surface area contributed by atoms with E-state index in [0.717, 1.165) is 21.3 Å². The number of amides is 1. The number of carbonyl (C=O) groups is 1. The fourth-order valence-electron chi connectivity index (χ4n) is 2.45. The molecule has 1 aromatic heterocycles. The van der Waals surface area contributed by atoms with Gasteiger partial charge in [0.1, 0.15) is 5.75 Å². The van der Waals surface area contributed by atoms with Gasteiger partial charge in [0, 0.05) is 10.2 Å². The first kappa shape index (κ1) is 17.9. The molecule has 0 radical (unpaired) electrons. The molecule has 0 aliphatic carbocycles. The molecule has 0 saturated heterocycles. The third-order valence-corrected chi connectivity index (χ3v) is 4.37. The number of rotatable bonds is 5. The van der Waals surface area contributed by atoms with Crippen LogP contribution in [-0.4, -0.2) is 28.0 Å². The molecule has 2 N–H and O–H groups in total. The highest BCUT2D eigenvalue weighted by molar-refractivity contribution is 9.10. The van der Waals surface area contributed by atoms with Gasteiger partial charge in [0.05, 0.1) is 13.7 Å². The van der Waals surface area contributed by atoms with Crippen molar-refractivity contribution in [3.05, 3.63) is 74.1 Å². The molecule has 8 heteroatoms. The van der Waals surface area contributed by atoms with Crippen molar-refractivity contribution in [2.75, 3.05) is 12.4 Å². The lowest BCUT2D eigenvalue weighted by molar-refractivity contribution is 0.102. The molecule has 134 valence electrons. The molecule has 0 fully saturated rings. The van der Waals surface area contributed by atoms with Crippen molar-refractivity contribution in [2.45, 2.75) is 13.5 Å². The Morgan fingerprint density at radius 3 is 2.65 bits per heavy atom. The molecule has 1 heterocycles. The maximum atomic E-state index is 12.4. The molecule has 7 nitrogen and oxygen atoms in total. The van der Waals surface area contributed by atoms with E-state index < -0.39 is 11.5 Å². The van der Waals surface area contributed by atoms with Gasteiger partial charge in [-0.05, 0) is 48.4 Å². The summed E-state index contributed by atoms with van der Waals surface area (Å²) in [6.45, 7) is 2.15. The zero-order valence-corrected chi connectivity index (χ0v) is 15.8. The molecular weight excluding hydrogens is 400 g/mol. The number of methoxy groups -OCH3 is 1. The summed E-state index contributed by atoms with van der Waals surface area (Å²) in [5.41, 5.74) is 1.73. The first-order valence-electron chi connectivity index (χ1n) is 7.83. The van der Waals surface area contributed by atoms with Crippen molar-refractivity contribution in [1.29, 1.82) is 0 Å². The van der Waals surface area contributed by atoms with Crippen LogP contribution in [-0.2, 0) is 6.54 Å². The molecule has 0 bridgehead atoms. The number of hydrogen-bond acceptors (Lipinski definition) is 4. The van der Waals surface area contributed by atoms with Crippen LogP contribution in [0.1, 0.15) is 21.6 Å². The van der Waals surface area contributed by atoms with Crippen LogP contribution in [0.2, 0.25) is 0 Å². The first-order valence-corrected chi connectivity index (χ1v) is 8.63. The summed E-state index contributed by atoms with van der Waals surface area (Å²) >= 11 is 3.37. The highest BCUT2D eigenvalue weighted by atomic mass is 79.9. The molecule has 2 aromatic carbocycles. The van der Waals surface area contributed by atoms with Gasteiger partial charge in [-0.15, -0.1) is 5.10 Å². The normalized spacial score (nSPS) is 10.6. The van der Waals surface area contributed by atoms with E-state index in [4.69, 9.17) is 4.74 Å². The number of carbonyl (C=O) groups excluding carboxylic acids is 1. The van der Waals surface area contributed by atoms with E-state index in [1.54, 1.807) is 25.3 Å². The van der Waals surface area contributed by atoms with Gasteiger partial charge in [-0.3, -0.25) is 9.59 Å². The van der Waals surface area contributed by atoms with Gasteiger partial charge in [-0.1, -0.05) is 28.1 Å². The minimum atomic E-state index is -0.551. The number of hydrogen-bond donors (Lipinski definition) is 2. The topological polar surface area (TPSA) is 89.0 Å². The van der Waals surface area contributed by atoms with Crippen molar-refractivity contribution >= 4 is 27.5 Å². The van der Waals surface area contributed by atoms with Crippen LogP contribution < -0.4 is 15.6 Å². The first-order chi connectivity index (χ1) is 12.5. The van der Waals surface area contributed by atoms with E-state index in [9.17, 15) is 9.59 Å². The fourth-order valence-corrected chi connectivity index (χ4v) is 2.92. The van der Waals surface area contributed by atoms with E-state index in [-0.39, 0.29) is 12.2 Å². The van der Waals surface area contributed by atoms with Gasteiger partial charge in [0.15, 0.2) is 0 Å². The molecule has 0 atom stereocenters. The highest BCUT2D eigenvalue weighted by Gasteiger charge is 2.17. The number of benzene rings is 2. The van der Waals surface area contributed by atoms with Crippen LogP contribution in [0.25, 0.3) is 0 Å². The minimum absolute atomic E-state index is 0.180. The quantitative estimate of drug-likeness (QED) is 0.668. The van der Waals surface area contributed by atoms with E-state index in [2.05, 4.69) is 31.6 Å². The van der Waals surface area contributed by atoms with Crippen LogP contribution in [0, 0.1) is 6.92 Å². The number of aryl methyl sites for hydroxylation is 1. The van der Waals surface area contributed by atoms with Gasteiger partial charge < -0.3 is 10.1 Å². The number of ether oxygens (including phenoxy) is 1. The third-order valence-electron chi connectivity index (χ3n) is 3.88. The average Bonchev–Trinajstić information content (AvgIpc) is 2.99. The second-order valence-corrected chi connectivity index (χ2v) is 6.63. The summed E-state index contributed by atoms with van der Waals surface area (Å²) < 4.78 is 7.30. The molecule has 0 aliphatic heterocycles. The SMILES string of the molecule is COc1ccc(Cn2[nH]nc(C(=O)Nc3ccc(Br)cc3C)c2=O)cc1. The fraction of sp³-hybridized carbons (Fsp3) is 0.167. The monoisotopic (exact) mass is 416 g/mol. The van der Waals surface area contributed by atoms with Crippen molar-refractivity contribution in [2.24, 2.45) is 0 Å². The van der Waals surface area contributed by atoms with Crippen LogP contribution in [0.3, 0.4) is 0 Å². The van der Waals surface area contributed by atoms with Crippen LogP contribution in [0.5, 0.6) is 5.75 Å². The number of H-pyrrole nitrogens is 1. The molecule has 0 aliphatic rings. The smallest absolute Gasteiger partial charge is 0.300 e. The Bertz CT molecular complexity index is 992. The standard InChI is InChI=1S/C18H17BrN4O3/c1-11-9-13(19)5-8-15(11)20-17(24)16-18(25)23(22-21-16)10-12-3-6-14(26-2)7-4-12/h3-9,22H,10H2,1-2H3,(H,20,24). The van der Waals surface area contributed by atoms with E-state index in [1.807, 2.05) is 31.2 Å². The number of nitrogens with one attached hydrogen (secondary N) is 2. The molecular formula is C18H17BrN4O3. The second-order valence-electron chi connectivity index (χ2n) is 5.71. The minimum Gasteiger partial charge on any atom is -0.497 e. The van der Waals surface area contributed by atoms with Gasteiger partial charge in [-0.25, -0.2) is 9.90 Å². The summed E-state index contributed by atoms with van der Waals surface area (Å²) in [6.07, 6.45) is 0. The van der Waals surface area contributed by atoms with Crippen LogP contribution >= 0.6 is 15.9 Å². The number of aromatic nitrogens is 3. The van der Waals surface area contributed by atoms with E-state index in [0.29, 0.717) is 5.69 Å². The van der Waals surface area contributed by atoms with Gasteiger partial charge in [0.25, 0.3) is 11.5 Å². The lowest BCUT2D eigenvalue weighted by Crippen LogP contribution is -2.25. The lowest BCUT2D eigenvalue weighted by Gasteiger charge is -2.06. The van der Waals surface area contributed by atoms with Crippen molar-refractivity contribution in [1.82, 2.24) is 15.0 Å². The molecule has 3 aromatic rings. The van der Waals surface area contributed by atoms with E-state index in [1.165, 1.54) is 4.68 Å². The molecule has 1 amide bonds. The van der Waals surface area contributed by atoms with E-state index >= 15 is 0 Å². The highest BCUT2D eigenvalue weighted by Crippen LogP contribution is 2.20. The van der Waals surface area contributed by atoms with Gasteiger partial charge >= 0.3 is 0 Å². The Morgan fingerprint density at radius 1 is 1.27 bits per heavy atom.